The zero-order chi connectivity index (χ0) is 11.3. The number of nitrogens with one attached hydrogen (secondary N) is 1. The van der Waals surface area contributed by atoms with Crippen LogP contribution in [0.4, 0.5) is 4.39 Å². The molecule has 0 bridgehead atoms. The molecule has 0 radical (unpaired) electrons. The largest absolute Gasteiger partial charge is 0.339 e. The minimum atomic E-state index is -0.440. The lowest BCUT2D eigenvalue weighted by atomic mass is 10.3. The maximum absolute atomic E-state index is 12.6. The highest BCUT2D eigenvalue weighted by molar-refractivity contribution is 5.92. The second-order valence-electron chi connectivity index (χ2n) is 3.19. The third kappa shape index (κ3) is 3.28. The Kier molecular flexibility index (Phi) is 4.17. The van der Waals surface area contributed by atoms with E-state index in [9.17, 15) is 9.18 Å². The Balaban J connectivity index is 2.63. The molecular weight excluding hydrogens is 197 g/mol. The van der Waals surface area contributed by atoms with Crippen molar-refractivity contribution in [2.45, 2.75) is 0 Å². The molecule has 1 aromatic heterocycles. The molecule has 1 heterocycles. The molecule has 1 aromatic rings. The molecule has 0 saturated carbocycles. The van der Waals surface area contributed by atoms with E-state index in [0.717, 1.165) is 6.20 Å². The van der Waals surface area contributed by atoms with E-state index in [0.29, 0.717) is 13.1 Å². The van der Waals surface area contributed by atoms with Crippen molar-refractivity contribution in [1.82, 2.24) is 15.2 Å². The maximum Gasteiger partial charge on any atom is 0.272 e. The lowest BCUT2D eigenvalue weighted by Gasteiger charge is -2.15. The van der Waals surface area contributed by atoms with E-state index < -0.39 is 5.82 Å². The molecule has 5 heteroatoms. The van der Waals surface area contributed by atoms with Crippen molar-refractivity contribution in [2.75, 3.05) is 27.2 Å². The van der Waals surface area contributed by atoms with Crippen molar-refractivity contribution in [1.29, 1.82) is 0 Å². The number of carbonyl (C=O) groups is 1. The van der Waals surface area contributed by atoms with Crippen LogP contribution < -0.4 is 5.32 Å². The second-order valence-corrected chi connectivity index (χ2v) is 3.19. The van der Waals surface area contributed by atoms with Gasteiger partial charge in [-0.05, 0) is 19.2 Å². The molecular formula is C10H14FN3O. The molecule has 0 spiro atoms. The molecule has 0 aliphatic heterocycles. The number of rotatable bonds is 4. The average Bonchev–Trinajstić information content (AvgIpc) is 2.26. The molecule has 0 fully saturated rings. The quantitative estimate of drug-likeness (QED) is 0.789. The first-order valence-corrected chi connectivity index (χ1v) is 4.66. The second kappa shape index (κ2) is 5.41. The van der Waals surface area contributed by atoms with Crippen LogP contribution in [-0.2, 0) is 0 Å². The first-order valence-electron chi connectivity index (χ1n) is 4.66. The van der Waals surface area contributed by atoms with Crippen LogP contribution in [0.25, 0.3) is 0 Å². The fraction of sp³-hybridized carbons (Fsp3) is 0.400. The van der Waals surface area contributed by atoms with Gasteiger partial charge in [0, 0.05) is 20.1 Å². The summed E-state index contributed by atoms with van der Waals surface area (Å²) in [6.45, 7) is 1.30. The van der Waals surface area contributed by atoms with E-state index in [1.165, 1.54) is 17.0 Å². The predicted octanol–water partition coefficient (Wildman–Crippen LogP) is 0.512. The molecule has 0 aliphatic rings. The molecule has 1 amide bonds. The van der Waals surface area contributed by atoms with Crippen LogP contribution in [0.1, 0.15) is 10.5 Å². The Hall–Kier alpha value is -1.49. The maximum atomic E-state index is 12.6. The zero-order valence-corrected chi connectivity index (χ0v) is 8.83. The molecule has 1 N–H and O–H groups in total. The van der Waals surface area contributed by atoms with Crippen LogP contribution in [-0.4, -0.2) is 43.0 Å². The van der Waals surface area contributed by atoms with Gasteiger partial charge in [-0.2, -0.15) is 0 Å². The van der Waals surface area contributed by atoms with E-state index in [-0.39, 0.29) is 11.6 Å². The van der Waals surface area contributed by atoms with Gasteiger partial charge in [-0.15, -0.1) is 0 Å². The lowest BCUT2D eigenvalue weighted by Crippen LogP contribution is -2.33. The Labute approximate surface area is 88.1 Å². The third-order valence-corrected chi connectivity index (χ3v) is 1.99. The van der Waals surface area contributed by atoms with Crippen molar-refractivity contribution >= 4 is 5.91 Å². The number of halogens is 1. The Morgan fingerprint density at radius 3 is 2.87 bits per heavy atom. The van der Waals surface area contributed by atoms with Gasteiger partial charge < -0.3 is 10.2 Å². The number of nitrogens with zero attached hydrogens (tertiary/aromatic N) is 2. The highest BCUT2D eigenvalue weighted by atomic mass is 19.1. The number of hydrogen-bond donors (Lipinski definition) is 1. The van der Waals surface area contributed by atoms with Gasteiger partial charge in [0.05, 0.1) is 6.20 Å². The van der Waals surface area contributed by atoms with Crippen LogP contribution in [0.2, 0.25) is 0 Å². The molecule has 82 valence electrons. The summed E-state index contributed by atoms with van der Waals surface area (Å²) in [5, 5.41) is 2.94. The monoisotopic (exact) mass is 211 g/mol. The van der Waals surface area contributed by atoms with Gasteiger partial charge in [0.2, 0.25) is 0 Å². The SMILES string of the molecule is CNCCN(C)C(=O)c1ccc(F)cn1. The van der Waals surface area contributed by atoms with Gasteiger partial charge >= 0.3 is 0 Å². The summed E-state index contributed by atoms with van der Waals surface area (Å²) in [5.41, 5.74) is 0.259. The topological polar surface area (TPSA) is 45.2 Å². The van der Waals surface area contributed by atoms with Gasteiger partial charge in [0.1, 0.15) is 11.5 Å². The molecule has 15 heavy (non-hydrogen) atoms. The summed E-state index contributed by atoms with van der Waals surface area (Å²) in [4.78, 5) is 16.9. The Morgan fingerprint density at radius 2 is 2.33 bits per heavy atom. The van der Waals surface area contributed by atoms with Crippen LogP contribution in [0.5, 0.6) is 0 Å². The highest BCUT2D eigenvalue weighted by Crippen LogP contribution is 2.01. The fourth-order valence-electron chi connectivity index (χ4n) is 1.08. The van der Waals surface area contributed by atoms with Crippen LogP contribution in [0.15, 0.2) is 18.3 Å². The van der Waals surface area contributed by atoms with E-state index >= 15 is 0 Å². The molecule has 0 unspecified atom stereocenters. The minimum absolute atomic E-state index is 0.203. The summed E-state index contributed by atoms with van der Waals surface area (Å²) in [6, 6.07) is 2.61. The van der Waals surface area contributed by atoms with Crippen molar-refractivity contribution in [3.8, 4) is 0 Å². The lowest BCUT2D eigenvalue weighted by molar-refractivity contribution is 0.0791. The van der Waals surface area contributed by atoms with Crippen molar-refractivity contribution < 1.29 is 9.18 Å². The number of likely N-dealkylation sites (N-methyl/N-ethyl adjacent to an activating group) is 2. The van der Waals surface area contributed by atoms with Crippen LogP contribution in [0.3, 0.4) is 0 Å². The number of pyridine rings is 1. The van der Waals surface area contributed by atoms with Gasteiger partial charge in [-0.25, -0.2) is 9.37 Å². The minimum Gasteiger partial charge on any atom is -0.339 e. The average molecular weight is 211 g/mol. The van der Waals surface area contributed by atoms with Gasteiger partial charge in [0.25, 0.3) is 5.91 Å². The summed E-state index contributed by atoms with van der Waals surface area (Å²) in [6.07, 6.45) is 1.04. The molecule has 0 atom stereocenters. The van der Waals surface area contributed by atoms with E-state index in [1.807, 2.05) is 7.05 Å². The smallest absolute Gasteiger partial charge is 0.272 e. The zero-order valence-electron chi connectivity index (χ0n) is 8.83. The first-order chi connectivity index (χ1) is 7.15. The molecule has 0 aromatic carbocycles. The van der Waals surface area contributed by atoms with Crippen LogP contribution >= 0.6 is 0 Å². The summed E-state index contributed by atoms with van der Waals surface area (Å²) >= 11 is 0. The highest BCUT2D eigenvalue weighted by Gasteiger charge is 2.11. The van der Waals surface area contributed by atoms with Gasteiger partial charge in [-0.3, -0.25) is 4.79 Å². The van der Waals surface area contributed by atoms with Crippen LogP contribution in [0, 0.1) is 5.82 Å². The third-order valence-electron chi connectivity index (χ3n) is 1.99. The number of carbonyl (C=O) groups excluding carboxylic acids is 1. The summed E-state index contributed by atoms with van der Waals surface area (Å²) in [7, 11) is 3.50. The molecule has 0 aliphatic carbocycles. The standard InChI is InChI=1S/C10H14FN3O/c1-12-5-6-14(2)10(15)9-4-3-8(11)7-13-9/h3-4,7,12H,5-6H2,1-2H3. The number of aromatic nitrogens is 1. The Bertz CT molecular complexity index is 326. The van der Waals surface area contributed by atoms with Gasteiger partial charge in [0.15, 0.2) is 0 Å². The number of amides is 1. The van der Waals surface area contributed by atoms with Crippen molar-refractivity contribution in [3.63, 3.8) is 0 Å². The number of hydrogen-bond acceptors (Lipinski definition) is 3. The van der Waals surface area contributed by atoms with Gasteiger partial charge in [-0.1, -0.05) is 0 Å². The Morgan fingerprint density at radius 1 is 1.60 bits per heavy atom. The molecule has 0 saturated heterocycles. The first kappa shape index (κ1) is 11.6. The van der Waals surface area contributed by atoms with Crippen molar-refractivity contribution in [3.05, 3.63) is 29.8 Å². The summed E-state index contributed by atoms with van der Waals surface area (Å²) in [5.74, 6) is -0.644. The van der Waals surface area contributed by atoms with Crippen molar-refractivity contribution in [2.24, 2.45) is 0 Å². The normalized spacial score (nSPS) is 10.1. The van der Waals surface area contributed by atoms with E-state index in [2.05, 4.69) is 10.3 Å². The fourth-order valence-corrected chi connectivity index (χ4v) is 1.08. The predicted molar refractivity (Wildman–Crippen MR) is 55.1 cm³/mol. The molecule has 1 rings (SSSR count). The summed E-state index contributed by atoms with van der Waals surface area (Å²) < 4.78 is 12.6. The van der Waals surface area contributed by atoms with E-state index in [4.69, 9.17) is 0 Å². The molecule has 4 nitrogen and oxygen atoms in total. The van der Waals surface area contributed by atoms with E-state index in [1.54, 1.807) is 7.05 Å².